The molecule has 0 saturated heterocycles. The van der Waals surface area contributed by atoms with E-state index in [2.05, 4.69) is 4.74 Å². The van der Waals surface area contributed by atoms with Crippen LogP contribution in [0.15, 0.2) is 0 Å². The first-order valence-electron chi connectivity index (χ1n) is 1.73. The van der Waals surface area contributed by atoms with Crippen LogP contribution in [0.1, 0.15) is 6.42 Å². The van der Waals surface area contributed by atoms with Gasteiger partial charge in [-0.05, 0) is 0 Å². The summed E-state index contributed by atoms with van der Waals surface area (Å²) in [5, 5.41) is 0. The summed E-state index contributed by atoms with van der Waals surface area (Å²) < 4.78 is 3.58. The van der Waals surface area contributed by atoms with Crippen LogP contribution in [0.2, 0.25) is 0 Å². The first-order valence-corrected chi connectivity index (χ1v) is 1.73. The van der Waals surface area contributed by atoms with Gasteiger partial charge in [0, 0.05) is 0 Å². The summed E-state index contributed by atoms with van der Waals surface area (Å²) in [6.07, 6.45) is 0.730. The lowest BCUT2D eigenvalue weighted by Gasteiger charge is -1.82. The number of ether oxygens (including phenoxy) is 1. The standard InChI is InChI=1S/C4H2O4/c5-2-1-4(7)8-3-6/h1H2. The van der Waals surface area contributed by atoms with Gasteiger partial charge in [-0.3, -0.25) is 9.59 Å². The SMILES string of the molecule is O=[C]CC(=O)O[C]=O. The minimum atomic E-state index is -0.935. The van der Waals surface area contributed by atoms with Crippen LogP contribution in [-0.2, 0) is 19.1 Å². The van der Waals surface area contributed by atoms with Gasteiger partial charge < -0.3 is 4.74 Å². The van der Waals surface area contributed by atoms with Crippen molar-refractivity contribution in [3.63, 3.8) is 0 Å². The number of rotatable bonds is 3. The average Bonchev–Trinajstić information content (AvgIpc) is 1.68. The van der Waals surface area contributed by atoms with Gasteiger partial charge in [0.1, 0.15) is 6.42 Å². The van der Waals surface area contributed by atoms with Crippen molar-refractivity contribution in [3.8, 4) is 0 Å². The number of carbonyl (C=O) groups is 1. The maximum atomic E-state index is 9.90. The van der Waals surface area contributed by atoms with E-state index in [0.717, 1.165) is 6.47 Å². The normalized spacial score (nSPS) is 7.50. The Morgan fingerprint density at radius 3 is 2.50 bits per heavy atom. The molecule has 2 radical (unpaired) electrons. The zero-order valence-corrected chi connectivity index (χ0v) is 3.84. The fraction of sp³-hybridized carbons (Fsp3) is 0.250. The van der Waals surface area contributed by atoms with Crippen molar-refractivity contribution in [2.24, 2.45) is 0 Å². The van der Waals surface area contributed by atoms with E-state index >= 15 is 0 Å². The molecular weight excluding hydrogens is 112 g/mol. The van der Waals surface area contributed by atoms with Crippen molar-refractivity contribution in [1.82, 2.24) is 0 Å². The Morgan fingerprint density at radius 1 is 1.50 bits per heavy atom. The third-order valence-corrected chi connectivity index (χ3v) is 0.372. The molecule has 0 spiro atoms. The third-order valence-electron chi connectivity index (χ3n) is 0.372. The predicted octanol–water partition coefficient (Wildman–Crippen LogP) is -0.903. The fourth-order valence-electron chi connectivity index (χ4n) is 0.141. The van der Waals surface area contributed by atoms with Crippen molar-refractivity contribution in [2.75, 3.05) is 0 Å². The highest BCUT2D eigenvalue weighted by atomic mass is 16.6. The zero-order valence-electron chi connectivity index (χ0n) is 3.84. The minimum Gasteiger partial charge on any atom is -0.384 e. The molecule has 42 valence electrons. The molecule has 8 heavy (non-hydrogen) atoms. The molecule has 0 N–H and O–H groups in total. The Balaban J connectivity index is 3.32. The van der Waals surface area contributed by atoms with E-state index in [1.54, 1.807) is 0 Å². The highest BCUT2D eigenvalue weighted by Gasteiger charge is 1.98. The van der Waals surface area contributed by atoms with Gasteiger partial charge in [0.2, 0.25) is 6.29 Å². The Labute approximate surface area is 45.4 Å². The van der Waals surface area contributed by atoms with Crippen molar-refractivity contribution in [1.29, 1.82) is 0 Å². The molecule has 0 aromatic carbocycles. The molecule has 0 bridgehead atoms. The van der Waals surface area contributed by atoms with Crippen LogP contribution < -0.4 is 0 Å². The fourth-order valence-corrected chi connectivity index (χ4v) is 0.141. The monoisotopic (exact) mass is 114 g/mol. The molecule has 0 heterocycles. The van der Waals surface area contributed by atoms with Gasteiger partial charge in [-0.1, -0.05) is 0 Å². The quantitative estimate of drug-likeness (QED) is 0.352. The zero-order chi connectivity index (χ0) is 6.41. The Hall–Kier alpha value is -1.19. The highest BCUT2D eigenvalue weighted by molar-refractivity contribution is 5.87. The van der Waals surface area contributed by atoms with E-state index in [1.165, 1.54) is 6.29 Å². The maximum Gasteiger partial charge on any atom is 0.425 e. The van der Waals surface area contributed by atoms with Gasteiger partial charge in [-0.2, -0.15) is 0 Å². The van der Waals surface area contributed by atoms with Gasteiger partial charge in [0.05, 0.1) is 0 Å². The highest BCUT2D eigenvalue weighted by Crippen LogP contribution is 1.75. The lowest BCUT2D eigenvalue weighted by atomic mass is 10.5. The third kappa shape index (κ3) is 3.02. The summed E-state index contributed by atoms with van der Waals surface area (Å²) in [7, 11) is 0. The Kier molecular flexibility index (Phi) is 3.39. The molecule has 0 aromatic rings. The van der Waals surface area contributed by atoms with Gasteiger partial charge in [0.15, 0.2) is 0 Å². The minimum absolute atomic E-state index is 0.519. The number of hydrogen-bond donors (Lipinski definition) is 0. The van der Waals surface area contributed by atoms with Crippen molar-refractivity contribution >= 4 is 18.7 Å². The summed E-state index contributed by atoms with van der Waals surface area (Å²) in [5.41, 5.74) is 0. The van der Waals surface area contributed by atoms with E-state index in [-0.39, 0.29) is 0 Å². The van der Waals surface area contributed by atoms with E-state index in [1.807, 2.05) is 0 Å². The molecule has 0 aliphatic rings. The number of hydrogen-bond acceptors (Lipinski definition) is 4. The molecule has 0 aliphatic carbocycles. The molecule has 0 fully saturated rings. The van der Waals surface area contributed by atoms with Gasteiger partial charge >= 0.3 is 12.4 Å². The Bertz CT molecular complexity index is 94.6. The summed E-state index contributed by atoms with van der Waals surface area (Å²) >= 11 is 0. The van der Waals surface area contributed by atoms with Gasteiger partial charge in [0.25, 0.3) is 0 Å². The van der Waals surface area contributed by atoms with Crippen molar-refractivity contribution < 1.29 is 19.1 Å². The van der Waals surface area contributed by atoms with Crippen LogP contribution >= 0.6 is 0 Å². The molecule has 4 nitrogen and oxygen atoms in total. The Morgan fingerprint density at radius 2 is 2.12 bits per heavy atom. The van der Waals surface area contributed by atoms with E-state index in [4.69, 9.17) is 0 Å². The van der Waals surface area contributed by atoms with Crippen molar-refractivity contribution in [2.45, 2.75) is 6.42 Å². The van der Waals surface area contributed by atoms with E-state index in [0.29, 0.717) is 0 Å². The lowest BCUT2D eigenvalue weighted by Crippen LogP contribution is -2.01. The molecular formula is C4H2O4. The van der Waals surface area contributed by atoms with Crippen molar-refractivity contribution in [3.05, 3.63) is 0 Å². The summed E-state index contributed by atoms with van der Waals surface area (Å²) in [5.74, 6) is -0.935. The predicted molar refractivity (Wildman–Crippen MR) is 22.1 cm³/mol. The maximum absolute atomic E-state index is 9.90. The number of esters is 1. The van der Waals surface area contributed by atoms with E-state index in [9.17, 15) is 14.4 Å². The second-order valence-corrected chi connectivity index (χ2v) is 0.879. The first kappa shape index (κ1) is 6.81. The van der Waals surface area contributed by atoms with Crippen LogP contribution in [0, 0.1) is 0 Å². The molecule has 0 aliphatic heterocycles. The summed E-state index contributed by atoms with van der Waals surface area (Å²) in [6, 6.07) is 0. The largest absolute Gasteiger partial charge is 0.425 e. The van der Waals surface area contributed by atoms with Gasteiger partial charge in [-0.25, -0.2) is 4.79 Å². The first-order chi connectivity index (χ1) is 3.81. The average molecular weight is 114 g/mol. The van der Waals surface area contributed by atoms with Crippen LogP contribution in [0.5, 0.6) is 0 Å². The van der Waals surface area contributed by atoms with Crippen LogP contribution in [0.25, 0.3) is 0 Å². The molecule has 0 saturated carbocycles. The second kappa shape index (κ2) is 3.98. The molecule has 0 unspecified atom stereocenters. The molecule has 0 amide bonds. The van der Waals surface area contributed by atoms with Crippen LogP contribution in [-0.4, -0.2) is 18.7 Å². The topological polar surface area (TPSA) is 60.4 Å². The van der Waals surface area contributed by atoms with Crippen LogP contribution in [0.3, 0.4) is 0 Å². The van der Waals surface area contributed by atoms with Gasteiger partial charge in [-0.15, -0.1) is 0 Å². The molecule has 0 aromatic heterocycles. The second-order valence-electron chi connectivity index (χ2n) is 0.879. The summed E-state index contributed by atoms with van der Waals surface area (Å²) in [4.78, 5) is 28.4. The molecule has 0 rings (SSSR count). The van der Waals surface area contributed by atoms with Crippen LogP contribution in [0.4, 0.5) is 0 Å². The smallest absolute Gasteiger partial charge is 0.384 e. The molecule has 0 atom stereocenters. The molecule has 4 heteroatoms. The van der Waals surface area contributed by atoms with E-state index < -0.39 is 12.4 Å². The number of carbonyl (C=O) groups excluding carboxylic acids is 3. The lowest BCUT2D eigenvalue weighted by molar-refractivity contribution is -0.134. The summed E-state index contributed by atoms with van der Waals surface area (Å²) in [6.45, 7) is 0.874.